The highest BCUT2D eigenvalue weighted by Crippen LogP contribution is 2.33. The number of nitrogens with two attached hydrogens (primary N) is 1. The molecule has 0 amide bonds. The number of rotatable bonds is 3. The van der Waals surface area contributed by atoms with Gasteiger partial charge in [-0.1, -0.05) is 0 Å². The normalized spacial score (nSPS) is 10.9. The first kappa shape index (κ1) is 13.2. The van der Waals surface area contributed by atoms with Crippen molar-refractivity contribution in [2.75, 3.05) is 12.3 Å². The molecule has 0 aliphatic rings. The van der Waals surface area contributed by atoms with Crippen LogP contribution in [0, 0.1) is 0 Å². The highest BCUT2D eigenvalue weighted by molar-refractivity contribution is 6.07. The minimum atomic E-state index is -0.527. The van der Waals surface area contributed by atoms with Crippen molar-refractivity contribution in [2.24, 2.45) is 7.05 Å². The van der Waals surface area contributed by atoms with Gasteiger partial charge >= 0.3 is 5.97 Å². The van der Waals surface area contributed by atoms with Crippen molar-refractivity contribution in [1.82, 2.24) is 4.57 Å². The number of hydrogen-bond donors (Lipinski definition) is 3. The van der Waals surface area contributed by atoms with Crippen molar-refractivity contribution in [3.63, 3.8) is 0 Å². The van der Waals surface area contributed by atoms with E-state index in [1.54, 1.807) is 24.6 Å². The van der Waals surface area contributed by atoms with E-state index in [-0.39, 0.29) is 30.2 Å². The van der Waals surface area contributed by atoms with Gasteiger partial charge in [0.05, 0.1) is 35.7 Å². The molecule has 0 radical (unpaired) electrons. The Morgan fingerprint density at radius 1 is 1.47 bits per heavy atom. The van der Waals surface area contributed by atoms with E-state index in [2.05, 4.69) is 0 Å². The number of benzene rings is 1. The van der Waals surface area contributed by atoms with Crippen molar-refractivity contribution >= 4 is 22.6 Å². The Labute approximate surface area is 110 Å². The predicted octanol–water partition coefficient (Wildman–Crippen LogP) is 1.14. The molecule has 102 valence electrons. The molecule has 1 aromatic carbocycles. The molecule has 2 aromatic rings. The number of aromatic hydroxyl groups is 1. The molecule has 2 rings (SSSR count). The Hall–Kier alpha value is -2.21. The van der Waals surface area contributed by atoms with Crippen LogP contribution < -0.4 is 5.73 Å². The number of aliphatic hydroxyl groups is 1. The summed E-state index contributed by atoms with van der Waals surface area (Å²) >= 11 is 0. The third-order valence-corrected chi connectivity index (χ3v) is 3.10. The molecule has 0 saturated carbocycles. The molecular weight excluding hydrogens is 248 g/mol. The smallest absolute Gasteiger partial charge is 0.340 e. The molecule has 6 heteroatoms. The number of aliphatic hydroxyl groups excluding tert-OH is 1. The first-order chi connectivity index (χ1) is 9.01. The number of fused-ring (bicyclic) bond motifs is 1. The van der Waals surface area contributed by atoms with Crippen LogP contribution in [0.2, 0.25) is 0 Å². The molecule has 4 N–H and O–H groups in total. The van der Waals surface area contributed by atoms with Gasteiger partial charge in [0.15, 0.2) is 0 Å². The van der Waals surface area contributed by atoms with E-state index in [9.17, 15) is 15.0 Å². The zero-order valence-electron chi connectivity index (χ0n) is 10.8. The number of aromatic nitrogens is 1. The summed E-state index contributed by atoms with van der Waals surface area (Å²) in [7, 11) is 1.72. The summed E-state index contributed by atoms with van der Waals surface area (Å²) in [6.45, 7) is 1.64. The van der Waals surface area contributed by atoms with Crippen LogP contribution in [0.4, 0.5) is 5.69 Å². The van der Waals surface area contributed by atoms with Crippen LogP contribution in [0.3, 0.4) is 0 Å². The number of hydrogen-bond acceptors (Lipinski definition) is 5. The Morgan fingerprint density at radius 2 is 2.16 bits per heavy atom. The summed E-state index contributed by atoms with van der Waals surface area (Å²) in [4.78, 5) is 12.0. The maximum Gasteiger partial charge on any atom is 0.340 e. The number of ether oxygens (including phenoxy) is 1. The van der Waals surface area contributed by atoms with Crippen LogP contribution in [0.15, 0.2) is 12.1 Å². The summed E-state index contributed by atoms with van der Waals surface area (Å²) in [6.07, 6.45) is 0. The largest absolute Gasteiger partial charge is 0.506 e. The Morgan fingerprint density at radius 3 is 2.74 bits per heavy atom. The van der Waals surface area contributed by atoms with Crippen LogP contribution in [0.1, 0.15) is 23.0 Å². The standard InChI is InChI=1S/C13H16N2O4/c1-3-19-13(18)12-7-4-11(17)8(14)5-9(7)15(2)10(12)6-16/h4-5,16-17H,3,6,14H2,1-2H3. The number of esters is 1. The van der Waals surface area contributed by atoms with Crippen LogP contribution in [0.5, 0.6) is 5.75 Å². The zero-order chi connectivity index (χ0) is 14.2. The fourth-order valence-corrected chi connectivity index (χ4v) is 2.16. The summed E-state index contributed by atoms with van der Waals surface area (Å²) < 4.78 is 6.65. The fraction of sp³-hybridized carbons (Fsp3) is 0.308. The van der Waals surface area contributed by atoms with Crippen molar-refractivity contribution < 1.29 is 19.7 Å². The molecule has 0 saturated heterocycles. The number of nitrogen functional groups attached to an aromatic ring is 1. The number of phenolic OH excluding ortho intramolecular Hbond substituents is 1. The summed E-state index contributed by atoms with van der Waals surface area (Å²) in [5.74, 6) is -0.630. The minimum Gasteiger partial charge on any atom is -0.506 e. The average Bonchev–Trinajstić information content (AvgIpc) is 2.63. The lowest BCUT2D eigenvalue weighted by Gasteiger charge is -2.04. The molecule has 0 aliphatic carbocycles. The van der Waals surface area contributed by atoms with Crippen molar-refractivity contribution in [3.05, 3.63) is 23.4 Å². The molecule has 0 aliphatic heterocycles. The highest BCUT2D eigenvalue weighted by Gasteiger charge is 2.22. The number of carbonyl (C=O) groups excluding carboxylic acids is 1. The molecule has 19 heavy (non-hydrogen) atoms. The number of aryl methyl sites for hydroxylation is 1. The molecule has 0 unspecified atom stereocenters. The number of carbonyl (C=O) groups is 1. The summed E-state index contributed by atoms with van der Waals surface area (Å²) in [6, 6.07) is 2.97. The first-order valence-electron chi connectivity index (χ1n) is 5.89. The Balaban J connectivity index is 2.79. The SMILES string of the molecule is CCOC(=O)c1c(CO)n(C)c2cc(N)c(O)cc12. The maximum atomic E-state index is 12.0. The lowest BCUT2D eigenvalue weighted by molar-refractivity contribution is 0.0524. The van der Waals surface area contributed by atoms with E-state index in [0.717, 1.165) is 0 Å². The molecular formula is C13H16N2O4. The quantitative estimate of drug-likeness (QED) is 0.438. The predicted molar refractivity (Wildman–Crippen MR) is 70.9 cm³/mol. The van der Waals surface area contributed by atoms with Crippen LogP contribution in [-0.4, -0.2) is 27.4 Å². The van der Waals surface area contributed by atoms with Crippen LogP contribution in [-0.2, 0) is 18.4 Å². The van der Waals surface area contributed by atoms with Gasteiger partial charge in [-0.15, -0.1) is 0 Å². The Bertz CT molecular complexity index is 646. The Kier molecular flexibility index (Phi) is 3.35. The number of nitrogens with zero attached hydrogens (tertiary/aromatic N) is 1. The fourth-order valence-electron chi connectivity index (χ4n) is 2.16. The van der Waals surface area contributed by atoms with Gasteiger partial charge in [-0.3, -0.25) is 0 Å². The van der Waals surface area contributed by atoms with E-state index in [4.69, 9.17) is 10.5 Å². The lowest BCUT2D eigenvalue weighted by atomic mass is 10.1. The summed E-state index contributed by atoms with van der Waals surface area (Å²) in [5.41, 5.74) is 7.21. The van der Waals surface area contributed by atoms with E-state index >= 15 is 0 Å². The van der Waals surface area contributed by atoms with Gasteiger partial charge in [-0.25, -0.2) is 4.79 Å². The summed E-state index contributed by atoms with van der Waals surface area (Å²) in [5, 5.41) is 19.6. The first-order valence-corrected chi connectivity index (χ1v) is 5.89. The second-order valence-electron chi connectivity index (χ2n) is 4.19. The van der Waals surface area contributed by atoms with Gasteiger partial charge in [0.1, 0.15) is 5.75 Å². The topological polar surface area (TPSA) is 97.7 Å². The van der Waals surface area contributed by atoms with Gasteiger partial charge < -0.3 is 25.3 Å². The second-order valence-corrected chi connectivity index (χ2v) is 4.19. The molecule has 0 spiro atoms. The van der Waals surface area contributed by atoms with E-state index in [1.165, 1.54) is 6.07 Å². The van der Waals surface area contributed by atoms with E-state index in [1.807, 2.05) is 0 Å². The average molecular weight is 264 g/mol. The molecule has 1 heterocycles. The van der Waals surface area contributed by atoms with Crippen molar-refractivity contribution in [3.8, 4) is 5.75 Å². The zero-order valence-corrected chi connectivity index (χ0v) is 10.8. The van der Waals surface area contributed by atoms with Crippen LogP contribution >= 0.6 is 0 Å². The molecule has 0 atom stereocenters. The minimum absolute atomic E-state index is 0.104. The molecule has 6 nitrogen and oxygen atoms in total. The van der Waals surface area contributed by atoms with Gasteiger partial charge in [0.2, 0.25) is 0 Å². The molecule has 0 bridgehead atoms. The third kappa shape index (κ3) is 2.00. The highest BCUT2D eigenvalue weighted by atomic mass is 16.5. The molecule has 1 aromatic heterocycles. The number of anilines is 1. The van der Waals surface area contributed by atoms with Crippen molar-refractivity contribution in [2.45, 2.75) is 13.5 Å². The monoisotopic (exact) mass is 264 g/mol. The van der Waals surface area contributed by atoms with Gasteiger partial charge in [0.25, 0.3) is 0 Å². The second kappa shape index (κ2) is 4.81. The van der Waals surface area contributed by atoms with Gasteiger partial charge in [-0.05, 0) is 19.1 Å². The van der Waals surface area contributed by atoms with Crippen LogP contribution in [0.25, 0.3) is 10.9 Å². The lowest BCUT2D eigenvalue weighted by Crippen LogP contribution is -2.08. The van der Waals surface area contributed by atoms with Crippen molar-refractivity contribution in [1.29, 1.82) is 0 Å². The van der Waals surface area contributed by atoms with E-state index in [0.29, 0.717) is 16.6 Å². The van der Waals surface area contributed by atoms with Gasteiger partial charge in [0, 0.05) is 12.4 Å². The molecule has 0 fully saturated rings. The third-order valence-electron chi connectivity index (χ3n) is 3.10. The number of phenols is 1. The maximum absolute atomic E-state index is 12.0. The van der Waals surface area contributed by atoms with E-state index < -0.39 is 5.97 Å². The van der Waals surface area contributed by atoms with Gasteiger partial charge in [-0.2, -0.15) is 0 Å².